The van der Waals surface area contributed by atoms with Gasteiger partial charge in [0.15, 0.2) is 0 Å². The van der Waals surface area contributed by atoms with Crippen LogP contribution >= 0.6 is 7.75 Å². The molecule has 0 saturated carbocycles. The van der Waals surface area contributed by atoms with Crippen LogP contribution in [0.2, 0.25) is 0 Å². The van der Waals surface area contributed by atoms with Crippen LogP contribution in [-0.4, -0.2) is 58.5 Å². The molecule has 11 heteroatoms. The third-order valence-electron chi connectivity index (χ3n) is 5.32. The standard InChI is InChI=1S/C18H23FN3O6P/c1-4-22-11(2)16(18(24)25)17(23)12-9-13(19)15(10-14(12)22)20-5-7-21(8-6-20)29(26,27)28-3/h9-10H,4-8H2,1-3H3,(H,24,25)(H,26,27). The highest BCUT2D eigenvalue weighted by molar-refractivity contribution is 7.50. The summed E-state index contributed by atoms with van der Waals surface area (Å²) in [6.45, 7) is 4.77. The van der Waals surface area contributed by atoms with Crippen LogP contribution in [0.4, 0.5) is 10.1 Å². The predicted octanol–water partition coefficient (Wildman–Crippen LogP) is 2.04. The number of piperazine rings is 1. The second-order valence-corrected chi connectivity index (χ2v) is 8.69. The van der Waals surface area contributed by atoms with E-state index in [1.165, 1.54) is 4.67 Å². The lowest BCUT2D eigenvalue weighted by molar-refractivity contribution is 0.0694. The molecule has 1 fully saturated rings. The first kappa shape index (κ1) is 21.4. The number of aryl methyl sites for hydroxylation is 1. The first-order valence-electron chi connectivity index (χ1n) is 9.11. The van der Waals surface area contributed by atoms with Gasteiger partial charge in [-0.25, -0.2) is 18.4 Å². The fourth-order valence-electron chi connectivity index (χ4n) is 3.78. The molecule has 2 N–H and O–H groups in total. The second kappa shape index (κ2) is 7.87. The first-order valence-corrected chi connectivity index (χ1v) is 10.6. The third kappa shape index (κ3) is 3.69. The molecule has 3 rings (SSSR count). The second-order valence-electron chi connectivity index (χ2n) is 6.77. The SMILES string of the molecule is CCn1c(C)c(C(=O)O)c(=O)c2cc(F)c(N3CCN(P(=O)(O)OC)CC3)cc21. The number of hydrogen-bond acceptors (Lipinski definition) is 5. The highest BCUT2D eigenvalue weighted by Gasteiger charge is 2.32. The normalized spacial score (nSPS) is 17.5. The zero-order valence-corrected chi connectivity index (χ0v) is 17.3. The van der Waals surface area contributed by atoms with Gasteiger partial charge < -0.3 is 24.0 Å². The Morgan fingerprint density at radius 1 is 1.28 bits per heavy atom. The molecule has 1 saturated heterocycles. The van der Waals surface area contributed by atoms with Gasteiger partial charge in [-0.15, -0.1) is 0 Å². The average Bonchev–Trinajstić information content (AvgIpc) is 2.68. The molecule has 0 bridgehead atoms. The van der Waals surface area contributed by atoms with Gasteiger partial charge in [-0.05, 0) is 26.0 Å². The quantitative estimate of drug-likeness (QED) is 0.698. The number of halogens is 1. The molecule has 29 heavy (non-hydrogen) atoms. The summed E-state index contributed by atoms with van der Waals surface area (Å²) in [5, 5.41) is 9.40. The van der Waals surface area contributed by atoms with Gasteiger partial charge in [0.2, 0.25) is 5.43 Å². The van der Waals surface area contributed by atoms with Crippen molar-refractivity contribution in [1.29, 1.82) is 0 Å². The molecule has 0 spiro atoms. The average molecular weight is 427 g/mol. The van der Waals surface area contributed by atoms with Crippen LogP contribution in [0.3, 0.4) is 0 Å². The summed E-state index contributed by atoms with van der Waals surface area (Å²) in [6, 6.07) is 2.61. The zero-order valence-electron chi connectivity index (χ0n) is 16.4. The third-order valence-corrected chi connectivity index (χ3v) is 6.91. The minimum Gasteiger partial charge on any atom is -0.477 e. The Kier molecular flexibility index (Phi) is 5.82. The van der Waals surface area contributed by atoms with Crippen molar-refractivity contribution < 1.29 is 28.3 Å². The van der Waals surface area contributed by atoms with Crippen LogP contribution in [-0.2, 0) is 15.6 Å². The van der Waals surface area contributed by atoms with Crippen molar-refractivity contribution in [2.45, 2.75) is 20.4 Å². The Labute approximate surface area is 166 Å². The van der Waals surface area contributed by atoms with Crippen molar-refractivity contribution in [1.82, 2.24) is 9.24 Å². The van der Waals surface area contributed by atoms with Crippen LogP contribution in [0.25, 0.3) is 10.9 Å². The molecule has 0 amide bonds. The summed E-state index contributed by atoms with van der Waals surface area (Å²) in [6.07, 6.45) is 0. The van der Waals surface area contributed by atoms with Gasteiger partial charge in [-0.2, -0.15) is 0 Å². The van der Waals surface area contributed by atoms with E-state index in [0.29, 0.717) is 30.8 Å². The summed E-state index contributed by atoms with van der Waals surface area (Å²) < 4.78 is 34.5. The molecule has 1 aliphatic heterocycles. The van der Waals surface area contributed by atoms with Gasteiger partial charge in [0.25, 0.3) is 0 Å². The van der Waals surface area contributed by atoms with Crippen molar-refractivity contribution in [3.63, 3.8) is 0 Å². The maximum atomic E-state index is 14.9. The van der Waals surface area contributed by atoms with E-state index in [-0.39, 0.29) is 29.7 Å². The van der Waals surface area contributed by atoms with Crippen LogP contribution in [0.15, 0.2) is 16.9 Å². The largest absolute Gasteiger partial charge is 0.477 e. The molecule has 1 aliphatic rings. The molecule has 1 aromatic heterocycles. The number of aromatic nitrogens is 1. The minimum absolute atomic E-state index is 0.00831. The molecular formula is C18H23FN3O6P. The Morgan fingerprint density at radius 3 is 2.41 bits per heavy atom. The van der Waals surface area contributed by atoms with E-state index in [2.05, 4.69) is 4.52 Å². The van der Waals surface area contributed by atoms with Crippen molar-refractivity contribution in [3.05, 3.63) is 39.4 Å². The Balaban J connectivity index is 2.07. The maximum Gasteiger partial charge on any atom is 0.405 e. The number of carbonyl (C=O) groups is 1. The number of anilines is 1. The number of pyridine rings is 1. The summed E-state index contributed by atoms with van der Waals surface area (Å²) in [7, 11) is -2.69. The lowest BCUT2D eigenvalue weighted by atomic mass is 10.1. The van der Waals surface area contributed by atoms with Crippen molar-refractivity contribution >= 4 is 30.3 Å². The van der Waals surface area contributed by atoms with Crippen molar-refractivity contribution in [2.24, 2.45) is 0 Å². The maximum absolute atomic E-state index is 14.9. The molecule has 2 aromatic rings. The number of benzene rings is 1. The van der Waals surface area contributed by atoms with E-state index < -0.39 is 25.0 Å². The number of carboxylic acids is 1. The number of aromatic carboxylic acids is 1. The number of nitrogens with zero attached hydrogens (tertiary/aromatic N) is 3. The Hall–Kier alpha value is -2.26. The van der Waals surface area contributed by atoms with Gasteiger partial charge in [0.1, 0.15) is 11.4 Å². The zero-order chi connectivity index (χ0) is 21.5. The summed E-state index contributed by atoms with van der Waals surface area (Å²) in [5.74, 6) is -1.99. The highest BCUT2D eigenvalue weighted by Crippen LogP contribution is 2.45. The molecule has 2 heterocycles. The van der Waals surface area contributed by atoms with Gasteiger partial charge in [0.05, 0.1) is 11.2 Å². The van der Waals surface area contributed by atoms with Crippen LogP contribution in [0.1, 0.15) is 23.0 Å². The van der Waals surface area contributed by atoms with Crippen LogP contribution in [0.5, 0.6) is 0 Å². The fraction of sp³-hybridized carbons (Fsp3) is 0.444. The lowest BCUT2D eigenvalue weighted by Gasteiger charge is -2.37. The van der Waals surface area contributed by atoms with Gasteiger partial charge in [-0.3, -0.25) is 4.79 Å². The number of fused-ring (bicyclic) bond motifs is 1. The van der Waals surface area contributed by atoms with Gasteiger partial charge >= 0.3 is 13.7 Å². The van der Waals surface area contributed by atoms with E-state index in [9.17, 15) is 28.5 Å². The smallest absolute Gasteiger partial charge is 0.405 e. The monoisotopic (exact) mass is 427 g/mol. The summed E-state index contributed by atoms with van der Waals surface area (Å²) in [4.78, 5) is 35.7. The van der Waals surface area contributed by atoms with Gasteiger partial charge in [0, 0.05) is 50.9 Å². The first-order chi connectivity index (χ1) is 13.6. The van der Waals surface area contributed by atoms with E-state index in [1.807, 2.05) is 6.92 Å². The van der Waals surface area contributed by atoms with Crippen molar-refractivity contribution in [3.8, 4) is 0 Å². The number of hydrogen-bond donors (Lipinski definition) is 2. The Bertz CT molecular complexity index is 1080. The van der Waals surface area contributed by atoms with E-state index >= 15 is 0 Å². The molecule has 0 radical (unpaired) electrons. The molecule has 9 nitrogen and oxygen atoms in total. The van der Waals surface area contributed by atoms with Crippen LogP contribution < -0.4 is 10.3 Å². The highest BCUT2D eigenvalue weighted by atomic mass is 31.2. The van der Waals surface area contributed by atoms with Crippen molar-refractivity contribution in [2.75, 3.05) is 38.2 Å². The molecule has 1 aromatic carbocycles. The Morgan fingerprint density at radius 2 is 1.90 bits per heavy atom. The summed E-state index contributed by atoms with van der Waals surface area (Å²) in [5.41, 5.74) is -0.0687. The lowest BCUT2D eigenvalue weighted by Crippen LogP contribution is -2.45. The molecule has 1 atom stereocenters. The van der Waals surface area contributed by atoms with Crippen LogP contribution in [0, 0.1) is 12.7 Å². The summed E-state index contributed by atoms with van der Waals surface area (Å²) >= 11 is 0. The van der Waals surface area contributed by atoms with E-state index in [1.54, 1.807) is 22.5 Å². The molecule has 1 unspecified atom stereocenters. The number of carboxylic acid groups (broad SMARTS) is 1. The van der Waals surface area contributed by atoms with Gasteiger partial charge in [-0.1, -0.05) is 0 Å². The van der Waals surface area contributed by atoms with E-state index in [0.717, 1.165) is 13.2 Å². The molecular weight excluding hydrogens is 404 g/mol. The molecule has 158 valence electrons. The van der Waals surface area contributed by atoms with E-state index in [4.69, 9.17) is 0 Å². The molecule has 0 aliphatic carbocycles. The topological polar surface area (TPSA) is 112 Å². The number of rotatable bonds is 5. The minimum atomic E-state index is -3.85. The fourth-order valence-corrected chi connectivity index (χ4v) is 4.69. The predicted molar refractivity (Wildman–Crippen MR) is 106 cm³/mol.